The summed E-state index contributed by atoms with van der Waals surface area (Å²) in [6.45, 7) is 6.87. The van der Waals surface area contributed by atoms with Gasteiger partial charge in [-0.15, -0.1) is 0 Å². The highest BCUT2D eigenvalue weighted by Gasteiger charge is 2.08. The van der Waals surface area contributed by atoms with E-state index < -0.39 is 0 Å². The van der Waals surface area contributed by atoms with Crippen LogP contribution < -0.4 is 14.2 Å². The molecule has 0 aliphatic carbocycles. The van der Waals surface area contributed by atoms with E-state index in [-0.39, 0.29) is 12.0 Å². The molecule has 150 valence electrons. The molecule has 5 nitrogen and oxygen atoms in total. The number of carbonyl (C=O) groups is 1. The Kier molecular flexibility index (Phi) is 7.93. The number of carbonyl (C=O) groups excluding carboxylic acids is 1. The second-order valence-corrected chi connectivity index (χ2v) is 6.78. The predicted molar refractivity (Wildman–Crippen MR) is 112 cm³/mol. The van der Waals surface area contributed by atoms with Gasteiger partial charge in [0.2, 0.25) is 5.91 Å². The molecule has 0 aromatic heterocycles. The van der Waals surface area contributed by atoms with Gasteiger partial charge in [-0.1, -0.05) is 24.3 Å². The van der Waals surface area contributed by atoms with Crippen LogP contribution in [0.2, 0.25) is 0 Å². The van der Waals surface area contributed by atoms with Crippen molar-refractivity contribution < 1.29 is 19.0 Å². The Bertz CT molecular complexity index is 814. The molecule has 0 spiro atoms. The molecule has 0 aliphatic rings. The van der Waals surface area contributed by atoms with E-state index in [1.54, 1.807) is 31.2 Å². The fourth-order valence-electron chi connectivity index (χ4n) is 2.55. The highest BCUT2D eigenvalue weighted by molar-refractivity contribution is 5.91. The summed E-state index contributed by atoms with van der Waals surface area (Å²) in [5.41, 5.74) is 1.95. The number of ether oxygens (including phenoxy) is 3. The topological polar surface area (TPSA) is 48.0 Å². The lowest BCUT2D eigenvalue weighted by Gasteiger charge is -2.16. The molecule has 0 fully saturated rings. The summed E-state index contributed by atoms with van der Waals surface area (Å²) in [5.74, 6) is 2.08. The Morgan fingerprint density at radius 3 is 2.54 bits per heavy atom. The summed E-state index contributed by atoms with van der Waals surface area (Å²) in [6, 6.07) is 13.4. The lowest BCUT2D eigenvalue weighted by molar-refractivity contribution is -0.125. The van der Waals surface area contributed by atoms with Crippen molar-refractivity contribution >= 4 is 12.0 Å². The molecular weight excluding hydrogens is 354 g/mol. The van der Waals surface area contributed by atoms with Crippen LogP contribution in [0.4, 0.5) is 0 Å². The molecule has 0 N–H and O–H groups in total. The van der Waals surface area contributed by atoms with E-state index in [4.69, 9.17) is 14.2 Å². The Morgan fingerprint density at radius 1 is 1.11 bits per heavy atom. The third kappa shape index (κ3) is 6.34. The van der Waals surface area contributed by atoms with E-state index in [1.165, 1.54) is 0 Å². The maximum Gasteiger partial charge on any atom is 0.246 e. The van der Waals surface area contributed by atoms with Crippen molar-refractivity contribution in [2.75, 3.05) is 27.3 Å². The van der Waals surface area contributed by atoms with Crippen LogP contribution in [0.1, 0.15) is 25.0 Å². The van der Waals surface area contributed by atoms with E-state index in [0.29, 0.717) is 24.7 Å². The monoisotopic (exact) mass is 383 g/mol. The van der Waals surface area contributed by atoms with Crippen LogP contribution in [0.15, 0.2) is 48.5 Å². The van der Waals surface area contributed by atoms with Gasteiger partial charge in [0.15, 0.2) is 11.5 Å². The molecule has 0 atom stereocenters. The second-order valence-electron chi connectivity index (χ2n) is 6.78. The Labute approximate surface area is 167 Å². The van der Waals surface area contributed by atoms with Crippen molar-refractivity contribution in [3.05, 3.63) is 59.7 Å². The van der Waals surface area contributed by atoms with E-state index in [9.17, 15) is 4.79 Å². The van der Waals surface area contributed by atoms with Gasteiger partial charge in [0.1, 0.15) is 12.4 Å². The summed E-state index contributed by atoms with van der Waals surface area (Å²) in [5, 5.41) is 0. The van der Waals surface area contributed by atoms with Gasteiger partial charge >= 0.3 is 0 Å². The molecule has 5 heteroatoms. The molecular formula is C23H29NO4. The number of hydrogen-bond acceptors (Lipinski definition) is 4. The number of nitrogens with zero attached hydrogens (tertiary/aromatic N) is 1. The number of methoxy groups -OCH3 is 1. The molecule has 1 amide bonds. The highest BCUT2D eigenvalue weighted by Crippen LogP contribution is 2.29. The number of rotatable bonds is 9. The third-order valence-corrected chi connectivity index (χ3v) is 4.12. The molecule has 0 heterocycles. The standard InChI is InChI=1S/C23H29NO4/c1-17(2)28-21-12-10-19(16-22(21)26-5)11-13-23(25)24(4)14-15-27-20-9-7-6-8-18(20)3/h6-13,16-17H,14-15H2,1-5H3/b13-11+. The minimum atomic E-state index is -0.0881. The lowest BCUT2D eigenvalue weighted by atomic mass is 10.2. The van der Waals surface area contributed by atoms with Crippen LogP contribution in [-0.4, -0.2) is 44.2 Å². The van der Waals surface area contributed by atoms with Crippen LogP contribution in [0.25, 0.3) is 6.08 Å². The maximum atomic E-state index is 12.3. The summed E-state index contributed by atoms with van der Waals surface area (Å²) < 4.78 is 16.8. The van der Waals surface area contributed by atoms with Crippen molar-refractivity contribution in [2.45, 2.75) is 26.9 Å². The summed E-state index contributed by atoms with van der Waals surface area (Å²) in [6.07, 6.45) is 3.38. The van der Waals surface area contributed by atoms with Crippen LogP contribution in [0.3, 0.4) is 0 Å². The smallest absolute Gasteiger partial charge is 0.246 e. The van der Waals surface area contributed by atoms with Gasteiger partial charge in [0.25, 0.3) is 0 Å². The average Bonchev–Trinajstić information content (AvgIpc) is 2.67. The third-order valence-electron chi connectivity index (χ3n) is 4.12. The van der Waals surface area contributed by atoms with Gasteiger partial charge in [-0.25, -0.2) is 0 Å². The summed E-state index contributed by atoms with van der Waals surface area (Å²) in [7, 11) is 3.36. The van der Waals surface area contributed by atoms with E-state index in [1.807, 2.05) is 63.2 Å². The Hall–Kier alpha value is -2.95. The molecule has 0 bridgehead atoms. The quantitative estimate of drug-likeness (QED) is 0.605. The van der Waals surface area contributed by atoms with Crippen molar-refractivity contribution in [3.8, 4) is 17.2 Å². The van der Waals surface area contributed by atoms with Gasteiger partial charge in [0, 0.05) is 13.1 Å². The predicted octanol–water partition coefficient (Wildman–Crippen LogP) is 4.34. The summed E-state index contributed by atoms with van der Waals surface area (Å²) >= 11 is 0. The maximum absolute atomic E-state index is 12.3. The van der Waals surface area contributed by atoms with Crippen molar-refractivity contribution in [1.29, 1.82) is 0 Å². The normalized spacial score (nSPS) is 10.9. The van der Waals surface area contributed by atoms with Gasteiger partial charge in [-0.2, -0.15) is 0 Å². The number of hydrogen-bond donors (Lipinski definition) is 0. The zero-order chi connectivity index (χ0) is 20.5. The number of aryl methyl sites for hydroxylation is 1. The molecule has 0 unspecified atom stereocenters. The fourth-order valence-corrected chi connectivity index (χ4v) is 2.55. The number of likely N-dealkylation sites (N-methyl/N-ethyl adjacent to an activating group) is 1. The molecule has 0 saturated heterocycles. The van der Waals surface area contributed by atoms with Gasteiger partial charge < -0.3 is 19.1 Å². The first kappa shape index (κ1) is 21.4. The number of benzene rings is 2. The Balaban J connectivity index is 1.90. The summed E-state index contributed by atoms with van der Waals surface area (Å²) in [4.78, 5) is 13.9. The molecule has 0 aliphatic heterocycles. The SMILES string of the molecule is COc1cc(/C=C/C(=O)N(C)CCOc2ccccc2C)ccc1OC(C)C. The van der Waals surface area contributed by atoms with Gasteiger partial charge in [-0.05, 0) is 56.2 Å². The molecule has 0 saturated carbocycles. The highest BCUT2D eigenvalue weighted by atomic mass is 16.5. The van der Waals surface area contributed by atoms with E-state index in [0.717, 1.165) is 16.9 Å². The number of para-hydroxylation sites is 1. The molecule has 28 heavy (non-hydrogen) atoms. The molecule has 2 rings (SSSR count). The van der Waals surface area contributed by atoms with Crippen LogP contribution in [0, 0.1) is 6.92 Å². The first-order valence-corrected chi connectivity index (χ1v) is 9.37. The van der Waals surface area contributed by atoms with E-state index in [2.05, 4.69) is 0 Å². The Morgan fingerprint density at radius 2 is 1.86 bits per heavy atom. The lowest BCUT2D eigenvalue weighted by Crippen LogP contribution is -2.29. The second kappa shape index (κ2) is 10.4. The van der Waals surface area contributed by atoms with Crippen LogP contribution >= 0.6 is 0 Å². The van der Waals surface area contributed by atoms with Gasteiger partial charge in [0.05, 0.1) is 19.8 Å². The average molecular weight is 383 g/mol. The largest absolute Gasteiger partial charge is 0.493 e. The zero-order valence-electron chi connectivity index (χ0n) is 17.3. The first-order chi connectivity index (χ1) is 13.4. The molecule has 0 radical (unpaired) electrons. The minimum absolute atomic E-state index is 0.0624. The van der Waals surface area contributed by atoms with Crippen molar-refractivity contribution in [1.82, 2.24) is 4.90 Å². The van der Waals surface area contributed by atoms with Crippen molar-refractivity contribution in [3.63, 3.8) is 0 Å². The zero-order valence-corrected chi connectivity index (χ0v) is 17.3. The van der Waals surface area contributed by atoms with Crippen LogP contribution in [0.5, 0.6) is 17.2 Å². The molecule has 2 aromatic rings. The van der Waals surface area contributed by atoms with E-state index >= 15 is 0 Å². The van der Waals surface area contributed by atoms with Gasteiger partial charge in [-0.3, -0.25) is 4.79 Å². The molecule has 2 aromatic carbocycles. The first-order valence-electron chi connectivity index (χ1n) is 9.37. The minimum Gasteiger partial charge on any atom is -0.493 e. The van der Waals surface area contributed by atoms with Crippen molar-refractivity contribution in [2.24, 2.45) is 0 Å². The number of amides is 1. The van der Waals surface area contributed by atoms with Crippen LogP contribution in [-0.2, 0) is 4.79 Å². The fraction of sp³-hybridized carbons (Fsp3) is 0.348.